The zero-order valence-corrected chi connectivity index (χ0v) is 12.2. The van der Waals surface area contributed by atoms with Gasteiger partial charge in [-0.3, -0.25) is 0 Å². The van der Waals surface area contributed by atoms with Gasteiger partial charge in [0.15, 0.2) is 0 Å². The van der Waals surface area contributed by atoms with Crippen LogP contribution in [0.4, 0.5) is 0 Å². The zero-order chi connectivity index (χ0) is 11.6. The van der Waals surface area contributed by atoms with Gasteiger partial charge in [-0.15, -0.1) is 11.3 Å². The summed E-state index contributed by atoms with van der Waals surface area (Å²) in [5.41, 5.74) is 0.0591. The van der Waals surface area contributed by atoms with Crippen LogP contribution in [-0.2, 0) is 11.3 Å². The lowest BCUT2D eigenvalue weighted by Crippen LogP contribution is -2.36. The standard InChI is InChI=1S/C12H18BrNOS/c1-9-11(13)6-10(16-9)7-14-8-12(2)4-3-5-15-12/h6,14H,3-5,7-8H2,1-2H3. The Kier molecular flexibility index (Phi) is 4.06. The molecule has 1 aliphatic heterocycles. The van der Waals surface area contributed by atoms with Crippen LogP contribution < -0.4 is 5.32 Å². The van der Waals surface area contributed by atoms with Crippen molar-refractivity contribution in [2.24, 2.45) is 0 Å². The highest BCUT2D eigenvalue weighted by Crippen LogP contribution is 2.27. The van der Waals surface area contributed by atoms with E-state index in [0.717, 1.165) is 19.7 Å². The van der Waals surface area contributed by atoms with Crippen molar-refractivity contribution in [1.29, 1.82) is 0 Å². The van der Waals surface area contributed by atoms with Gasteiger partial charge in [0, 0.05) is 33.9 Å². The second kappa shape index (κ2) is 5.17. The molecular weight excluding hydrogens is 286 g/mol. The monoisotopic (exact) mass is 303 g/mol. The van der Waals surface area contributed by atoms with Crippen molar-refractivity contribution in [2.75, 3.05) is 13.2 Å². The molecule has 2 heterocycles. The predicted molar refractivity (Wildman–Crippen MR) is 72.1 cm³/mol. The maximum absolute atomic E-state index is 5.74. The summed E-state index contributed by atoms with van der Waals surface area (Å²) in [7, 11) is 0. The largest absolute Gasteiger partial charge is 0.374 e. The van der Waals surface area contributed by atoms with Gasteiger partial charge in [-0.2, -0.15) is 0 Å². The quantitative estimate of drug-likeness (QED) is 0.919. The van der Waals surface area contributed by atoms with E-state index in [-0.39, 0.29) is 5.60 Å². The lowest BCUT2D eigenvalue weighted by molar-refractivity contribution is 0.0207. The van der Waals surface area contributed by atoms with E-state index in [9.17, 15) is 0 Å². The van der Waals surface area contributed by atoms with E-state index < -0.39 is 0 Å². The van der Waals surface area contributed by atoms with Gasteiger partial charge in [0.2, 0.25) is 0 Å². The number of ether oxygens (including phenoxy) is 1. The highest BCUT2D eigenvalue weighted by molar-refractivity contribution is 9.10. The summed E-state index contributed by atoms with van der Waals surface area (Å²) in [6.45, 7) is 7.14. The minimum Gasteiger partial charge on any atom is -0.374 e. The molecule has 2 nitrogen and oxygen atoms in total. The van der Waals surface area contributed by atoms with E-state index in [1.807, 2.05) is 11.3 Å². The number of nitrogens with one attached hydrogen (secondary N) is 1. The van der Waals surface area contributed by atoms with E-state index in [1.165, 1.54) is 27.1 Å². The van der Waals surface area contributed by atoms with E-state index in [2.05, 4.69) is 41.2 Å². The maximum Gasteiger partial charge on any atom is 0.0779 e. The van der Waals surface area contributed by atoms with Gasteiger partial charge in [-0.05, 0) is 48.7 Å². The smallest absolute Gasteiger partial charge is 0.0779 e. The zero-order valence-electron chi connectivity index (χ0n) is 9.81. The van der Waals surface area contributed by atoms with E-state index >= 15 is 0 Å². The Hall–Kier alpha value is 0.100. The summed E-state index contributed by atoms with van der Waals surface area (Å²) >= 11 is 5.39. The molecule has 1 fully saturated rings. The Morgan fingerprint density at radius 1 is 1.62 bits per heavy atom. The molecule has 4 heteroatoms. The molecule has 16 heavy (non-hydrogen) atoms. The average molecular weight is 304 g/mol. The summed E-state index contributed by atoms with van der Waals surface area (Å²) in [4.78, 5) is 2.73. The summed E-state index contributed by atoms with van der Waals surface area (Å²) < 4.78 is 6.96. The van der Waals surface area contributed by atoms with Crippen LogP contribution in [0.5, 0.6) is 0 Å². The fourth-order valence-electron chi connectivity index (χ4n) is 2.03. The molecule has 1 N–H and O–H groups in total. The summed E-state index contributed by atoms with van der Waals surface area (Å²) in [5, 5.41) is 3.49. The van der Waals surface area contributed by atoms with Crippen LogP contribution in [0.15, 0.2) is 10.5 Å². The number of hydrogen-bond donors (Lipinski definition) is 1. The molecule has 0 bridgehead atoms. The third kappa shape index (κ3) is 3.06. The average Bonchev–Trinajstić information content (AvgIpc) is 2.76. The van der Waals surface area contributed by atoms with Crippen molar-refractivity contribution in [1.82, 2.24) is 5.32 Å². The third-order valence-electron chi connectivity index (χ3n) is 3.01. The Morgan fingerprint density at radius 3 is 3.00 bits per heavy atom. The molecule has 0 amide bonds. The Labute approximate surface area is 110 Å². The molecule has 90 valence electrons. The molecule has 2 rings (SSSR count). The third-order valence-corrected chi connectivity index (χ3v) is 5.14. The van der Waals surface area contributed by atoms with Crippen molar-refractivity contribution < 1.29 is 4.74 Å². The topological polar surface area (TPSA) is 21.3 Å². The Balaban J connectivity index is 1.79. The first-order chi connectivity index (χ1) is 7.59. The number of rotatable bonds is 4. The van der Waals surface area contributed by atoms with Crippen molar-refractivity contribution in [3.05, 3.63) is 20.3 Å². The molecule has 1 aromatic heterocycles. The Bertz CT molecular complexity index is 338. The van der Waals surface area contributed by atoms with Gasteiger partial charge >= 0.3 is 0 Å². The van der Waals surface area contributed by atoms with Gasteiger partial charge < -0.3 is 10.1 Å². The highest BCUT2D eigenvalue weighted by Gasteiger charge is 2.28. The predicted octanol–water partition coefficient (Wildman–Crippen LogP) is 3.48. The summed E-state index contributed by atoms with van der Waals surface area (Å²) in [5.74, 6) is 0. The lowest BCUT2D eigenvalue weighted by atomic mass is 10.0. The first kappa shape index (κ1) is 12.6. The second-order valence-corrected chi connectivity index (χ2v) is 6.82. The van der Waals surface area contributed by atoms with Crippen LogP contribution >= 0.6 is 27.3 Å². The molecule has 0 aliphatic carbocycles. The Morgan fingerprint density at radius 2 is 2.44 bits per heavy atom. The molecule has 1 aromatic rings. The molecule has 0 saturated carbocycles. The maximum atomic E-state index is 5.74. The first-order valence-electron chi connectivity index (χ1n) is 5.69. The van der Waals surface area contributed by atoms with Crippen LogP contribution in [0, 0.1) is 6.92 Å². The minimum atomic E-state index is 0.0591. The van der Waals surface area contributed by atoms with Gasteiger partial charge in [-0.1, -0.05) is 0 Å². The van der Waals surface area contributed by atoms with Gasteiger partial charge in [0.25, 0.3) is 0 Å². The van der Waals surface area contributed by atoms with Crippen LogP contribution in [0.2, 0.25) is 0 Å². The van der Waals surface area contributed by atoms with Crippen LogP contribution in [0.25, 0.3) is 0 Å². The summed E-state index contributed by atoms with van der Waals surface area (Å²) in [6.07, 6.45) is 2.37. The molecule has 1 unspecified atom stereocenters. The van der Waals surface area contributed by atoms with Crippen LogP contribution in [-0.4, -0.2) is 18.8 Å². The van der Waals surface area contributed by atoms with E-state index in [1.54, 1.807) is 0 Å². The molecule has 1 saturated heterocycles. The number of aryl methyl sites for hydroxylation is 1. The van der Waals surface area contributed by atoms with Crippen molar-refractivity contribution >= 4 is 27.3 Å². The SMILES string of the molecule is Cc1sc(CNCC2(C)CCCO2)cc1Br. The molecule has 0 spiro atoms. The van der Waals surface area contributed by atoms with Crippen molar-refractivity contribution in [3.8, 4) is 0 Å². The lowest BCUT2D eigenvalue weighted by Gasteiger charge is -2.23. The molecule has 0 aromatic carbocycles. The van der Waals surface area contributed by atoms with Gasteiger partial charge in [-0.25, -0.2) is 0 Å². The fourth-order valence-corrected chi connectivity index (χ4v) is 3.60. The van der Waals surface area contributed by atoms with Crippen molar-refractivity contribution in [2.45, 2.75) is 38.8 Å². The molecule has 1 atom stereocenters. The first-order valence-corrected chi connectivity index (χ1v) is 7.29. The van der Waals surface area contributed by atoms with Crippen molar-refractivity contribution in [3.63, 3.8) is 0 Å². The fraction of sp³-hybridized carbons (Fsp3) is 0.667. The van der Waals surface area contributed by atoms with Crippen LogP contribution in [0.1, 0.15) is 29.5 Å². The summed E-state index contributed by atoms with van der Waals surface area (Å²) in [6, 6.07) is 2.20. The minimum absolute atomic E-state index is 0.0591. The molecular formula is C12H18BrNOS. The van der Waals surface area contributed by atoms with E-state index in [0.29, 0.717) is 0 Å². The number of thiophene rings is 1. The highest BCUT2D eigenvalue weighted by atomic mass is 79.9. The number of halogens is 1. The molecule has 0 radical (unpaired) electrons. The second-order valence-electron chi connectivity index (χ2n) is 4.62. The van der Waals surface area contributed by atoms with E-state index in [4.69, 9.17) is 4.74 Å². The van der Waals surface area contributed by atoms with Gasteiger partial charge in [0.05, 0.1) is 5.60 Å². The van der Waals surface area contributed by atoms with Crippen LogP contribution in [0.3, 0.4) is 0 Å². The molecule has 1 aliphatic rings. The van der Waals surface area contributed by atoms with Gasteiger partial charge in [0.1, 0.15) is 0 Å². The normalized spacial score (nSPS) is 25.2. The number of hydrogen-bond acceptors (Lipinski definition) is 3.